The van der Waals surface area contributed by atoms with E-state index in [1.165, 1.54) is 0 Å². The molecule has 0 aliphatic carbocycles. The number of carboxylic acid groups (broad SMARTS) is 1. The van der Waals surface area contributed by atoms with Crippen molar-refractivity contribution in [3.8, 4) is 0 Å². The van der Waals surface area contributed by atoms with Crippen molar-refractivity contribution in [1.29, 1.82) is 0 Å². The Hall–Kier alpha value is -1.77. The molecular weight excluding hydrogens is 214 g/mol. The maximum atomic E-state index is 11.4. The second-order valence-corrected chi connectivity index (χ2v) is 4.77. The molecule has 0 aliphatic heterocycles. The lowest BCUT2D eigenvalue weighted by molar-refractivity contribution is -0.140. The van der Waals surface area contributed by atoms with E-state index in [1.807, 2.05) is 45.0 Å². The number of nitrogens with one attached hydrogen (secondary N) is 1. The normalized spacial score (nSPS) is 13.2. The van der Waals surface area contributed by atoms with E-state index in [1.54, 1.807) is 0 Å². The molecule has 3 nitrogen and oxygen atoms in total. The van der Waals surface area contributed by atoms with Gasteiger partial charge >= 0.3 is 5.97 Å². The van der Waals surface area contributed by atoms with Crippen LogP contribution in [0.4, 0.5) is 0 Å². The fourth-order valence-corrected chi connectivity index (χ4v) is 2.36. The summed E-state index contributed by atoms with van der Waals surface area (Å²) < 4.78 is 0. The number of aryl methyl sites for hydroxylation is 1. The van der Waals surface area contributed by atoms with Crippen LogP contribution in [-0.4, -0.2) is 16.1 Å². The Balaban J connectivity index is 2.61. The number of aromatic amines is 1. The van der Waals surface area contributed by atoms with Crippen molar-refractivity contribution in [2.75, 3.05) is 0 Å². The van der Waals surface area contributed by atoms with Crippen molar-refractivity contribution in [2.45, 2.75) is 26.7 Å². The van der Waals surface area contributed by atoms with Crippen LogP contribution >= 0.6 is 0 Å². The van der Waals surface area contributed by atoms with E-state index in [-0.39, 0.29) is 5.92 Å². The first-order valence-electron chi connectivity index (χ1n) is 5.82. The lowest BCUT2D eigenvalue weighted by Crippen LogP contribution is -2.18. The van der Waals surface area contributed by atoms with Crippen LogP contribution in [0.3, 0.4) is 0 Å². The Labute approximate surface area is 100 Å². The number of benzene rings is 1. The maximum absolute atomic E-state index is 11.4. The van der Waals surface area contributed by atoms with Crippen molar-refractivity contribution in [1.82, 2.24) is 4.98 Å². The van der Waals surface area contributed by atoms with E-state index in [2.05, 4.69) is 4.98 Å². The maximum Gasteiger partial charge on any atom is 0.312 e. The number of para-hydroxylation sites is 1. The highest BCUT2D eigenvalue weighted by molar-refractivity contribution is 5.87. The van der Waals surface area contributed by atoms with Crippen LogP contribution in [0.25, 0.3) is 10.9 Å². The Morgan fingerprint density at radius 1 is 1.29 bits per heavy atom. The molecule has 0 aliphatic rings. The van der Waals surface area contributed by atoms with E-state index in [0.717, 1.165) is 22.2 Å². The van der Waals surface area contributed by atoms with E-state index in [4.69, 9.17) is 0 Å². The van der Waals surface area contributed by atoms with Gasteiger partial charge in [-0.15, -0.1) is 0 Å². The van der Waals surface area contributed by atoms with Gasteiger partial charge in [-0.05, 0) is 24.5 Å². The largest absolute Gasteiger partial charge is 0.481 e. The average Bonchev–Trinajstić information content (AvgIpc) is 2.56. The predicted molar refractivity (Wildman–Crippen MR) is 68.3 cm³/mol. The van der Waals surface area contributed by atoms with Crippen molar-refractivity contribution in [2.24, 2.45) is 5.92 Å². The summed E-state index contributed by atoms with van der Waals surface area (Å²) in [5, 5.41) is 10.4. The lowest BCUT2D eigenvalue weighted by atomic mass is 9.90. The van der Waals surface area contributed by atoms with Gasteiger partial charge in [0, 0.05) is 16.6 Å². The predicted octanol–water partition coefficient (Wildman–Crippen LogP) is 3.30. The Morgan fingerprint density at radius 3 is 2.47 bits per heavy atom. The zero-order valence-electron chi connectivity index (χ0n) is 10.3. The number of aromatic nitrogens is 1. The molecule has 0 radical (unpaired) electrons. The molecule has 17 heavy (non-hydrogen) atoms. The second kappa shape index (κ2) is 4.24. The van der Waals surface area contributed by atoms with Gasteiger partial charge in [0.05, 0.1) is 5.92 Å². The minimum absolute atomic E-state index is 0.0688. The summed E-state index contributed by atoms with van der Waals surface area (Å²) in [6.45, 7) is 5.85. The summed E-state index contributed by atoms with van der Waals surface area (Å²) in [4.78, 5) is 14.6. The summed E-state index contributed by atoms with van der Waals surface area (Å²) >= 11 is 0. The molecule has 0 fully saturated rings. The number of aliphatic carboxylic acids is 1. The number of hydrogen-bond acceptors (Lipinski definition) is 1. The van der Waals surface area contributed by atoms with Gasteiger partial charge in [0.25, 0.3) is 0 Å². The first-order valence-corrected chi connectivity index (χ1v) is 5.82. The summed E-state index contributed by atoms with van der Waals surface area (Å²) in [5.41, 5.74) is 2.88. The van der Waals surface area contributed by atoms with Crippen LogP contribution < -0.4 is 0 Å². The summed E-state index contributed by atoms with van der Waals surface area (Å²) in [5.74, 6) is -1.17. The third kappa shape index (κ3) is 1.93. The quantitative estimate of drug-likeness (QED) is 0.851. The van der Waals surface area contributed by atoms with Crippen LogP contribution in [0.15, 0.2) is 24.3 Å². The molecule has 2 aromatic rings. The van der Waals surface area contributed by atoms with Crippen LogP contribution in [0, 0.1) is 12.8 Å². The van der Waals surface area contributed by atoms with Crippen molar-refractivity contribution in [3.05, 3.63) is 35.5 Å². The van der Waals surface area contributed by atoms with E-state index in [0.29, 0.717) is 0 Å². The molecule has 1 aromatic carbocycles. The molecule has 1 unspecified atom stereocenters. The number of rotatable bonds is 3. The van der Waals surface area contributed by atoms with Crippen molar-refractivity contribution >= 4 is 16.9 Å². The Kier molecular flexibility index (Phi) is 2.92. The third-order valence-electron chi connectivity index (χ3n) is 3.25. The topological polar surface area (TPSA) is 53.1 Å². The van der Waals surface area contributed by atoms with Gasteiger partial charge < -0.3 is 10.1 Å². The second-order valence-electron chi connectivity index (χ2n) is 4.77. The fourth-order valence-electron chi connectivity index (χ4n) is 2.36. The van der Waals surface area contributed by atoms with Gasteiger partial charge in [-0.1, -0.05) is 32.0 Å². The molecular formula is C14H17NO2. The molecule has 2 rings (SSSR count). The van der Waals surface area contributed by atoms with E-state index >= 15 is 0 Å². The first kappa shape index (κ1) is 11.7. The van der Waals surface area contributed by atoms with Crippen LogP contribution in [-0.2, 0) is 4.79 Å². The molecule has 1 atom stereocenters. The highest BCUT2D eigenvalue weighted by Crippen LogP contribution is 2.31. The number of H-pyrrole nitrogens is 1. The fraction of sp³-hybridized carbons (Fsp3) is 0.357. The molecule has 0 spiro atoms. The minimum atomic E-state index is -0.769. The zero-order chi connectivity index (χ0) is 12.6. The van der Waals surface area contributed by atoms with Crippen LogP contribution in [0.5, 0.6) is 0 Å². The van der Waals surface area contributed by atoms with Crippen molar-refractivity contribution < 1.29 is 9.90 Å². The van der Waals surface area contributed by atoms with Gasteiger partial charge in [-0.2, -0.15) is 0 Å². The Morgan fingerprint density at radius 2 is 1.94 bits per heavy atom. The van der Waals surface area contributed by atoms with E-state index in [9.17, 15) is 9.90 Å². The first-order chi connectivity index (χ1) is 8.02. The standard InChI is InChI=1S/C14H17NO2/c1-8(2)12(14(16)17)13-9(3)10-6-4-5-7-11(10)15-13/h4-8,12,15H,1-3H3,(H,16,17). The highest BCUT2D eigenvalue weighted by Gasteiger charge is 2.27. The zero-order valence-corrected chi connectivity index (χ0v) is 10.3. The molecule has 1 aromatic heterocycles. The Bertz CT molecular complexity index is 554. The van der Waals surface area contributed by atoms with Crippen LogP contribution in [0.1, 0.15) is 31.0 Å². The summed E-state index contributed by atoms with van der Waals surface area (Å²) in [7, 11) is 0. The molecule has 3 heteroatoms. The van der Waals surface area contributed by atoms with Gasteiger partial charge in [0.2, 0.25) is 0 Å². The molecule has 0 saturated heterocycles. The molecule has 1 heterocycles. The van der Waals surface area contributed by atoms with Gasteiger partial charge in [-0.25, -0.2) is 0 Å². The summed E-state index contributed by atoms with van der Waals surface area (Å²) in [6.07, 6.45) is 0. The summed E-state index contributed by atoms with van der Waals surface area (Å²) in [6, 6.07) is 7.92. The monoisotopic (exact) mass is 231 g/mol. The van der Waals surface area contributed by atoms with Gasteiger partial charge in [0.1, 0.15) is 0 Å². The van der Waals surface area contributed by atoms with Crippen molar-refractivity contribution in [3.63, 3.8) is 0 Å². The van der Waals surface area contributed by atoms with Crippen LogP contribution in [0.2, 0.25) is 0 Å². The lowest BCUT2D eigenvalue weighted by Gasteiger charge is -2.15. The minimum Gasteiger partial charge on any atom is -0.481 e. The highest BCUT2D eigenvalue weighted by atomic mass is 16.4. The molecule has 0 saturated carbocycles. The molecule has 0 amide bonds. The average molecular weight is 231 g/mol. The number of carbonyl (C=O) groups is 1. The van der Waals surface area contributed by atoms with Gasteiger partial charge in [-0.3, -0.25) is 4.79 Å². The number of hydrogen-bond donors (Lipinski definition) is 2. The number of fused-ring (bicyclic) bond motifs is 1. The molecule has 0 bridgehead atoms. The molecule has 90 valence electrons. The third-order valence-corrected chi connectivity index (χ3v) is 3.25. The van der Waals surface area contributed by atoms with Gasteiger partial charge in [0.15, 0.2) is 0 Å². The van der Waals surface area contributed by atoms with E-state index < -0.39 is 11.9 Å². The SMILES string of the molecule is Cc1c(C(C(=O)O)C(C)C)[nH]c2ccccc12. The molecule has 2 N–H and O–H groups in total. The smallest absolute Gasteiger partial charge is 0.312 e. The number of carboxylic acids is 1.